The first-order valence-electron chi connectivity index (χ1n) is 4.21. The molecule has 1 radical (unpaired) electrons. The lowest BCUT2D eigenvalue weighted by molar-refractivity contribution is 0.0215. The molecule has 0 spiro atoms. The zero-order valence-electron chi connectivity index (χ0n) is 6.60. The van der Waals surface area contributed by atoms with Crippen LogP contribution < -0.4 is 5.32 Å². The Morgan fingerprint density at radius 1 is 1.50 bits per heavy atom. The van der Waals surface area contributed by atoms with Gasteiger partial charge in [0.15, 0.2) is 0 Å². The first-order valence-corrected chi connectivity index (χ1v) is 4.21. The van der Waals surface area contributed by atoms with Gasteiger partial charge in [-0.2, -0.15) is 0 Å². The normalized spacial score (nSPS) is 24.6. The van der Waals surface area contributed by atoms with E-state index in [-0.39, 0.29) is 6.10 Å². The Morgan fingerprint density at radius 2 is 2.10 bits per heavy atom. The van der Waals surface area contributed by atoms with Gasteiger partial charge in [-0.25, -0.2) is 5.11 Å². The van der Waals surface area contributed by atoms with Crippen molar-refractivity contribution in [2.75, 3.05) is 13.1 Å². The maximum absolute atomic E-state index is 11.2. The molecule has 0 aromatic heterocycles. The largest absolute Gasteiger partial charge is 0.317 e. The maximum Gasteiger partial charge on any atom is 0.0956 e. The molecule has 59 valence electrons. The maximum atomic E-state index is 11.2. The van der Waals surface area contributed by atoms with Crippen molar-refractivity contribution in [1.82, 2.24) is 5.32 Å². The van der Waals surface area contributed by atoms with Gasteiger partial charge in [0.05, 0.1) is 6.10 Å². The SMILES string of the molecule is CCC([O])C1CCNCC1. The third-order valence-corrected chi connectivity index (χ3v) is 2.31. The minimum absolute atomic E-state index is 0.304. The molecule has 2 heteroatoms. The zero-order chi connectivity index (χ0) is 7.40. The Morgan fingerprint density at radius 3 is 2.60 bits per heavy atom. The van der Waals surface area contributed by atoms with Gasteiger partial charge in [0.1, 0.15) is 0 Å². The second-order valence-corrected chi connectivity index (χ2v) is 3.03. The Bertz CT molecular complexity index is 89.3. The van der Waals surface area contributed by atoms with Crippen LogP contribution in [0.25, 0.3) is 0 Å². The Kier molecular flexibility index (Phi) is 3.16. The van der Waals surface area contributed by atoms with Gasteiger partial charge in [-0.1, -0.05) is 6.92 Å². The summed E-state index contributed by atoms with van der Waals surface area (Å²) in [5, 5.41) is 14.5. The molecule has 0 aromatic carbocycles. The van der Waals surface area contributed by atoms with Gasteiger partial charge in [0.25, 0.3) is 0 Å². The van der Waals surface area contributed by atoms with E-state index in [1.165, 1.54) is 0 Å². The number of nitrogens with one attached hydrogen (secondary N) is 1. The van der Waals surface area contributed by atoms with Crippen molar-refractivity contribution in [2.24, 2.45) is 5.92 Å². The monoisotopic (exact) mass is 142 g/mol. The smallest absolute Gasteiger partial charge is 0.0956 e. The molecule has 0 aromatic rings. The molecule has 1 unspecified atom stereocenters. The highest BCUT2D eigenvalue weighted by atomic mass is 16.3. The number of piperidine rings is 1. The fourth-order valence-corrected chi connectivity index (χ4v) is 1.55. The molecular formula is C8H16NO. The van der Waals surface area contributed by atoms with Crippen molar-refractivity contribution >= 4 is 0 Å². The predicted octanol–water partition coefficient (Wildman–Crippen LogP) is 1.20. The van der Waals surface area contributed by atoms with E-state index in [1.807, 2.05) is 6.92 Å². The fraction of sp³-hybridized carbons (Fsp3) is 1.00. The highest BCUT2D eigenvalue weighted by Crippen LogP contribution is 2.18. The van der Waals surface area contributed by atoms with Crippen LogP contribution in [-0.4, -0.2) is 19.2 Å². The molecule has 10 heavy (non-hydrogen) atoms. The number of hydrogen-bond donors (Lipinski definition) is 1. The first-order chi connectivity index (χ1) is 4.84. The highest BCUT2D eigenvalue weighted by molar-refractivity contribution is 4.73. The molecule has 2 nitrogen and oxygen atoms in total. The quantitative estimate of drug-likeness (QED) is 0.617. The molecule has 1 N–H and O–H groups in total. The highest BCUT2D eigenvalue weighted by Gasteiger charge is 2.20. The van der Waals surface area contributed by atoms with Crippen molar-refractivity contribution in [3.05, 3.63) is 0 Å². The minimum Gasteiger partial charge on any atom is -0.317 e. The van der Waals surface area contributed by atoms with Crippen molar-refractivity contribution in [2.45, 2.75) is 32.3 Å². The average Bonchev–Trinajstić information content (AvgIpc) is 2.05. The third kappa shape index (κ3) is 1.96. The van der Waals surface area contributed by atoms with E-state index in [0.29, 0.717) is 5.92 Å². The Labute approximate surface area is 62.6 Å². The molecule has 1 rings (SSSR count). The van der Waals surface area contributed by atoms with E-state index < -0.39 is 0 Å². The van der Waals surface area contributed by atoms with E-state index >= 15 is 0 Å². The van der Waals surface area contributed by atoms with Gasteiger partial charge < -0.3 is 5.32 Å². The zero-order valence-corrected chi connectivity index (χ0v) is 6.60. The average molecular weight is 142 g/mol. The van der Waals surface area contributed by atoms with Crippen LogP contribution in [-0.2, 0) is 5.11 Å². The van der Waals surface area contributed by atoms with Crippen molar-refractivity contribution < 1.29 is 5.11 Å². The second kappa shape index (κ2) is 3.94. The molecule has 1 heterocycles. The molecule has 1 aliphatic rings. The van der Waals surface area contributed by atoms with Gasteiger partial charge in [0.2, 0.25) is 0 Å². The number of rotatable bonds is 2. The molecule has 0 amide bonds. The number of hydrogen-bond acceptors (Lipinski definition) is 1. The van der Waals surface area contributed by atoms with E-state index in [4.69, 9.17) is 0 Å². The Balaban J connectivity index is 2.24. The summed E-state index contributed by atoms with van der Waals surface area (Å²) in [4.78, 5) is 0. The van der Waals surface area contributed by atoms with Gasteiger partial charge in [-0.05, 0) is 38.3 Å². The summed E-state index contributed by atoms with van der Waals surface area (Å²) in [6.45, 7) is 4.08. The van der Waals surface area contributed by atoms with E-state index in [2.05, 4.69) is 5.32 Å². The first kappa shape index (κ1) is 8.02. The van der Waals surface area contributed by atoms with Crippen LogP contribution in [0.1, 0.15) is 26.2 Å². The van der Waals surface area contributed by atoms with Crippen molar-refractivity contribution in [3.8, 4) is 0 Å². The third-order valence-electron chi connectivity index (χ3n) is 2.31. The van der Waals surface area contributed by atoms with E-state index in [1.54, 1.807) is 0 Å². The summed E-state index contributed by atoms with van der Waals surface area (Å²) in [6.07, 6.45) is 2.66. The van der Waals surface area contributed by atoms with Crippen LogP contribution in [0.5, 0.6) is 0 Å². The molecule has 1 fully saturated rings. The van der Waals surface area contributed by atoms with E-state index in [9.17, 15) is 5.11 Å². The lowest BCUT2D eigenvalue weighted by Crippen LogP contribution is -2.33. The molecule has 0 saturated carbocycles. The van der Waals surface area contributed by atoms with Crippen molar-refractivity contribution in [3.63, 3.8) is 0 Å². The molecular weight excluding hydrogens is 126 g/mol. The minimum atomic E-state index is -0.304. The lowest BCUT2D eigenvalue weighted by Gasteiger charge is -2.24. The predicted molar refractivity (Wildman–Crippen MR) is 40.4 cm³/mol. The van der Waals surface area contributed by atoms with Crippen LogP contribution in [0.2, 0.25) is 0 Å². The summed E-state index contributed by atoms with van der Waals surface area (Å²) in [6, 6.07) is 0. The second-order valence-electron chi connectivity index (χ2n) is 3.03. The Hall–Kier alpha value is -0.0800. The molecule has 1 aliphatic heterocycles. The van der Waals surface area contributed by atoms with Gasteiger partial charge >= 0.3 is 0 Å². The van der Waals surface area contributed by atoms with Crippen molar-refractivity contribution in [1.29, 1.82) is 0 Å². The topological polar surface area (TPSA) is 31.9 Å². The standard InChI is InChI=1S/C8H16NO/c1-2-8(10)7-3-5-9-6-4-7/h7-9H,2-6H2,1H3. The summed E-state index contributed by atoms with van der Waals surface area (Å²) >= 11 is 0. The summed E-state index contributed by atoms with van der Waals surface area (Å²) in [5.41, 5.74) is 0. The van der Waals surface area contributed by atoms with Crippen LogP contribution >= 0.6 is 0 Å². The van der Waals surface area contributed by atoms with Gasteiger partial charge in [0, 0.05) is 0 Å². The molecule has 0 bridgehead atoms. The molecule has 1 atom stereocenters. The van der Waals surface area contributed by atoms with Gasteiger partial charge in [-0.3, -0.25) is 0 Å². The van der Waals surface area contributed by atoms with Crippen LogP contribution in [0.15, 0.2) is 0 Å². The van der Waals surface area contributed by atoms with Crippen LogP contribution in [0.3, 0.4) is 0 Å². The summed E-state index contributed by atoms with van der Waals surface area (Å²) < 4.78 is 0. The van der Waals surface area contributed by atoms with Gasteiger partial charge in [-0.15, -0.1) is 0 Å². The summed E-state index contributed by atoms with van der Waals surface area (Å²) in [5.74, 6) is 0.450. The molecule has 1 saturated heterocycles. The van der Waals surface area contributed by atoms with E-state index in [0.717, 1.165) is 32.4 Å². The fourth-order valence-electron chi connectivity index (χ4n) is 1.55. The van der Waals surface area contributed by atoms with Crippen LogP contribution in [0.4, 0.5) is 0 Å². The lowest BCUT2D eigenvalue weighted by atomic mass is 9.91. The summed E-state index contributed by atoms with van der Waals surface area (Å²) in [7, 11) is 0. The molecule has 0 aliphatic carbocycles. The van der Waals surface area contributed by atoms with Crippen LogP contribution in [0, 0.1) is 5.92 Å².